The smallest absolute Gasteiger partial charge is 0.260 e. The minimum absolute atomic E-state index is 0. The molecule has 0 spiro atoms. The number of hydrogen-bond donors (Lipinski definition) is 1. The van der Waals surface area contributed by atoms with Gasteiger partial charge in [-0.1, -0.05) is 6.07 Å². The molecule has 2 amide bonds. The quantitative estimate of drug-likeness (QED) is 0.761. The van der Waals surface area contributed by atoms with Gasteiger partial charge in [0.05, 0.1) is 17.5 Å². The molecule has 0 aromatic carbocycles. The van der Waals surface area contributed by atoms with E-state index in [2.05, 4.69) is 10.3 Å². The zero-order chi connectivity index (χ0) is 11.1. The lowest BCUT2D eigenvalue weighted by Gasteiger charge is -1.99. The number of nitrogens with zero attached hydrogens (tertiary/aromatic N) is 2. The Morgan fingerprint density at radius 3 is 2.76 bits per heavy atom. The van der Waals surface area contributed by atoms with Crippen LogP contribution in [-0.2, 0) is 9.59 Å². The van der Waals surface area contributed by atoms with E-state index in [4.69, 9.17) is 0 Å². The number of hydrogen-bond acceptors (Lipinski definition) is 3. The van der Waals surface area contributed by atoms with Gasteiger partial charge in [0.1, 0.15) is 5.65 Å². The maximum absolute atomic E-state index is 11.5. The molecule has 0 atom stereocenters. The minimum atomic E-state index is -0.383. The van der Waals surface area contributed by atoms with E-state index in [1.54, 1.807) is 16.8 Å². The van der Waals surface area contributed by atoms with Gasteiger partial charge in [-0.15, -0.1) is 12.4 Å². The largest absolute Gasteiger partial charge is 0.299 e. The van der Waals surface area contributed by atoms with Gasteiger partial charge in [-0.05, 0) is 12.1 Å². The van der Waals surface area contributed by atoms with E-state index in [0.29, 0.717) is 11.3 Å². The van der Waals surface area contributed by atoms with Crippen molar-refractivity contribution in [3.05, 3.63) is 42.4 Å². The van der Waals surface area contributed by atoms with Gasteiger partial charge in [0.15, 0.2) is 0 Å². The molecule has 3 rings (SSSR count). The third-order valence-electron chi connectivity index (χ3n) is 2.45. The van der Waals surface area contributed by atoms with Gasteiger partial charge in [-0.3, -0.25) is 19.3 Å². The van der Waals surface area contributed by atoms with E-state index in [1.807, 2.05) is 18.2 Å². The molecule has 1 aliphatic rings. The third kappa shape index (κ3) is 1.70. The first-order valence-corrected chi connectivity index (χ1v) is 4.75. The van der Waals surface area contributed by atoms with Crippen molar-refractivity contribution in [3.8, 4) is 0 Å². The fraction of sp³-hybridized carbons (Fsp3) is 0. The van der Waals surface area contributed by atoms with Crippen LogP contribution in [0.25, 0.3) is 11.2 Å². The Labute approximate surface area is 103 Å². The molecule has 2 aromatic heterocycles. The van der Waals surface area contributed by atoms with Gasteiger partial charge in [0.2, 0.25) is 0 Å². The zero-order valence-corrected chi connectivity index (χ0v) is 9.40. The van der Waals surface area contributed by atoms with E-state index in [-0.39, 0.29) is 24.2 Å². The van der Waals surface area contributed by atoms with Gasteiger partial charge in [0.25, 0.3) is 11.8 Å². The standard InChI is InChI=1S/C11H7N3O2.ClH/c15-10-5-7(11(16)13-10)8-6-12-9-3-1-2-4-14(8)9;/h1-6H,(H,13,15,16);1H. The van der Waals surface area contributed by atoms with Crippen LogP contribution in [0.2, 0.25) is 0 Å². The topological polar surface area (TPSA) is 63.5 Å². The van der Waals surface area contributed by atoms with Crippen LogP contribution >= 0.6 is 12.4 Å². The maximum atomic E-state index is 11.5. The van der Waals surface area contributed by atoms with Crippen molar-refractivity contribution in [2.24, 2.45) is 0 Å². The van der Waals surface area contributed by atoms with Gasteiger partial charge < -0.3 is 0 Å². The Morgan fingerprint density at radius 2 is 2.06 bits per heavy atom. The van der Waals surface area contributed by atoms with Crippen LogP contribution in [0.1, 0.15) is 5.69 Å². The molecule has 0 saturated carbocycles. The maximum Gasteiger partial charge on any atom is 0.260 e. The van der Waals surface area contributed by atoms with Crippen LogP contribution in [0.4, 0.5) is 0 Å². The summed E-state index contributed by atoms with van der Waals surface area (Å²) in [4.78, 5) is 26.7. The molecule has 1 N–H and O–H groups in total. The summed E-state index contributed by atoms with van der Waals surface area (Å²) >= 11 is 0. The van der Waals surface area contributed by atoms with Gasteiger partial charge in [-0.2, -0.15) is 0 Å². The van der Waals surface area contributed by atoms with E-state index < -0.39 is 0 Å². The van der Waals surface area contributed by atoms with Crippen LogP contribution in [-0.4, -0.2) is 21.2 Å². The number of amides is 2. The SMILES string of the molecule is Cl.O=C1C=C(c2cnc3ccccn23)C(=O)N1. The Kier molecular flexibility index (Phi) is 2.69. The van der Waals surface area contributed by atoms with Gasteiger partial charge >= 0.3 is 0 Å². The fourth-order valence-corrected chi connectivity index (χ4v) is 1.73. The summed E-state index contributed by atoms with van der Waals surface area (Å²) in [5, 5.41) is 2.21. The molecule has 0 bridgehead atoms. The van der Waals surface area contributed by atoms with Gasteiger partial charge in [0, 0.05) is 12.3 Å². The van der Waals surface area contributed by atoms with E-state index in [1.165, 1.54) is 6.08 Å². The number of imide groups is 1. The minimum Gasteiger partial charge on any atom is -0.299 e. The molecule has 0 radical (unpaired) electrons. The number of fused-ring (bicyclic) bond motifs is 1. The number of halogens is 1. The first kappa shape index (κ1) is 11.3. The van der Waals surface area contributed by atoms with E-state index in [9.17, 15) is 9.59 Å². The number of carbonyl (C=O) groups is 2. The number of pyridine rings is 1. The van der Waals surface area contributed by atoms with Crippen LogP contribution in [0.5, 0.6) is 0 Å². The highest BCUT2D eigenvalue weighted by molar-refractivity contribution is 6.33. The van der Waals surface area contributed by atoms with Crippen molar-refractivity contribution in [2.75, 3.05) is 0 Å². The summed E-state index contributed by atoms with van der Waals surface area (Å²) in [6.07, 6.45) is 4.67. The van der Waals surface area contributed by atoms with Crippen molar-refractivity contribution >= 4 is 35.4 Å². The Hall–Kier alpha value is -2.14. The predicted molar refractivity (Wildman–Crippen MR) is 63.6 cm³/mol. The Morgan fingerprint density at radius 1 is 1.24 bits per heavy atom. The summed E-state index contributed by atoms with van der Waals surface area (Å²) in [7, 11) is 0. The number of imidazole rings is 1. The average molecular weight is 250 g/mol. The molecular weight excluding hydrogens is 242 g/mol. The van der Waals surface area contributed by atoms with Crippen molar-refractivity contribution in [3.63, 3.8) is 0 Å². The van der Waals surface area contributed by atoms with Crippen molar-refractivity contribution < 1.29 is 9.59 Å². The molecule has 17 heavy (non-hydrogen) atoms. The molecular formula is C11H8ClN3O2. The van der Waals surface area contributed by atoms with E-state index in [0.717, 1.165) is 5.65 Å². The Bertz CT molecular complexity index is 645. The number of carbonyl (C=O) groups excluding carboxylic acids is 2. The average Bonchev–Trinajstić information content (AvgIpc) is 2.81. The Balaban J connectivity index is 0.00000108. The highest BCUT2D eigenvalue weighted by Crippen LogP contribution is 2.19. The monoisotopic (exact) mass is 249 g/mol. The number of aromatic nitrogens is 2. The summed E-state index contributed by atoms with van der Waals surface area (Å²) in [6, 6.07) is 5.53. The number of nitrogens with one attached hydrogen (secondary N) is 1. The lowest BCUT2D eigenvalue weighted by atomic mass is 10.2. The summed E-state index contributed by atoms with van der Waals surface area (Å²) in [6.45, 7) is 0. The first-order chi connectivity index (χ1) is 7.75. The lowest BCUT2D eigenvalue weighted by Crippen LogP contribution is -2.22. The van der Waals surface area contributed by atoms with Crippen LogP contribution in [0, 0.1) is 0 Å². The van der Waals surface area contributed by atoms with Crippen molar-refractivity contribution in [2.45, 2.75) is 0 Å². The second-order valence-electron chi connectivity index (χ2n) is 3.45. The molecule has 0 fully saturated rings. The molecule has 5 nitrogen and oxygen atoms in total. The highest BCUT2D eigenvalue weighted by Gasteiger charge is 2.24. The molecule has 3 heterocycles. The van der Waals surface area contributed by atoms with Crippen LogP contribution in [0.3, 0.4) is 0 Å². The summed E-state index contributed by atoms with van der Waals surface area (Å²) < 4.78 is 1.77. The fourth-order valence-electron chi connectivity index (χ4n) is 1.73. The van der Waals surface area contributed by atoms with Crippen LogP contribution in [0.15, 0.2) is 36.7 Å². The molecule has 1 aliphatic heterocycles. The van der Waals surface area contributed by atoms with Crippen molar-refractivity contribution in [1.29, 1.82) is 0 Å². The molecule has 86 valence electrons. The molecule has 0 aliphatic carbocycles. The second kappa shape index (κ2) is 4.03. The first-order valence-electron chi connectivity index (χ1n) is 4.75. The molecule has 2 aromatic rings. The molecule has 0 saturated heterocycles. The highest BCUT2D eigenvalue weighted by atomic mass is 35.5. The predicted octanol–water partition coefficient (Wildman–Crippen LogP) is 0.796. The lowest BCUT2D eigenvalue weighted by molar-refractivity contribution is -0.123. The zero-order valence-electron chi connectivity index (χ0n) is 8.58. The molecule has 6 heteroatoms. The van der Waals surface area contributed by atoms with E-state index >= 15 is 0 Å². The second-order valence-corrected chi connectivity index (χ2v) is 3.45. The number of rotatable bonds is 1. The van der Waals surface area contributed by atoms with Crippen molar-refractivity contribution in [1.82, 2.24) is 14.7 Å². The molecule has 0 unspecified atom stereocenters. The summed E-state index contributed by atoms with van der Waals surface area (Å²) in [5.74, 6) is -0.762. The van der Waals surface area contributed by atoms with Crippen LogP contribution < -0.4 is 5.32 Å². The summed E-state index contributed by atoms with van der Waals surface area (Å²) in [5.41, 5.74) is 1.72. The third-order valence-corrected chi connectivity index (χ3v) is 2.45. The normalized spacial score (nSPS) is 14.5. The van der Waals surface area contributed by atoms with Gasteiger partial charge in [-0.25, -0.2) is 4.98 Å².